The lowest BCUT2D eigenvalue weighted by Crippen LogP contribution is -2.17. The van der Waals surface area contributed by atoms with E-state index in [1.165, 1.54) is 24.0 Å². The van der Waals surface area contributed by atoms with Crippen LogP contribution in [0.3, 0.4) is 0 Å². The van der Waals surface area contributed by atoms with Crippen LogP contribution in [0.4, 0.5) is 0 Å². The Morgan fingerprint density at radius 2 is 1.85 bits per heavy atom. The number of amides is 1. The second-order valence-electron chi connectivity index (χ2n) is 4.95. The van der Waals surface area contributed by atoms with Crippen molar-refractivity contribution < 1.29 is 4.79 Å². The minimum Gasteiger partial charge on any atom is -0.267 e. The van der Waals surface area contributed by atoms with Gasteiger partial charge < -0.3 is 0 Å². The number of carbonyl (C=O) groups is 1. The molecule has 2 aromatic rings. The summed E-state index contributed by atoms with van der Waals surface area (Å²) >= 11 is 0. The Kier molecular flexibility index (Phi) is 3.59. The van der Waals surface area contributed by atoms with Crippen molar-refractivity contribution in [2.45, 2.75) is 19.3 Å². The van der Waals surface area contributed by atoms with Crippen LogP contribution in [0, 0.1) is 0 Å². The fourth-order valence-corrected chi connectivity index (χ4v) is 2.49. The molecule has 3 rings (SSSR count). The Labute approximate surface area is 118 Å². The molecule has 0 saturated heterocycles. The maximum Gasteiger partial charge on any atom is 0.271 e. The van der Waals surface area contributed by atoms with Crippen LogP contribution < -0.4 is 5.43 Å². The van der Waals surface area contributed by atoms with Gasteiger partial charge in [-0.25, -0.2) is 5.43 Å². The zero-order chi connectivity index (χ0) is 13.8. The Hall–Kier alpha value is -2.42. The van der Waals surface area contributed by atoms with Gasteiger partial charge in [0.25, 0.3) is 5.91 Å². The first-order chi connectivity index (χ1) is 9.83. The van der Waals surface area contributed by atoms with Gasteiger partial charge in [0.15, 0.2) is 0 Å². The second kappa shape index (κ2) is 5.70. The summed E-state index contributed by atoms with van der Waals surface area (Å²) < 4.78 is 0. The Morgan fingerprint density at radius 1 is 1.05 bits per heavy atom. The lowest BCUT2D eigenvalue weighted by Gasteiger charge is -2.01. The number of nitrogens with zero attached hydrogens (tertiary/aromatic N) is 1. The van der Waals surface area contributed by atoms with Crippen LogP contribution in [0.15, 0.2) is 53.6 Å². The lowest BCUT2D eigenvalue weighted by molar-refractivity contribution is 0.0955. The summed E-state index contributed by atoms with van der Waals surface area (Å²) in [6.45, 7) is 0. The summed E-state index contributed by atoms with van der Waals surface area (Å²) in [4.78, 5) is 11.8. The van der Waals surface area contributed by atoms with E-state index >= 15 is 0 Å². The van der Waals surface area contributed by atoms with E-state index in [0.717, 1.165) is 12.0 Å². The highest BCUT2D eigenvalue weighted by Crippen LogP contribution is 2.22. The van der Waals surface area contributed by atoms with Crippen molar-refractivity contribution in [3.63, 3.8) is 0 Å². The number of carbonyl (C=O) groups excluding carboxylic acids is 1. The molecule has 0 unspecified atom stereocenters. The molecule has 0 saturated carbocycles. The first-order valence-corrected chi connectivity index (χ1v) is 6.83. The molecule has 1 amide bonds. The molecule has 3 heteroatoms. The maximum absolute atomic E-state index is 11.8. The summed E-state index contributed by atoms with van der Waals surface area (Å²) in [6, 6.07) is 15.4. The summed E-state index contributed by atoms with van der Waals surface area (Å²) in [6.07, 6.45) is 5.25. The maximum atomic E-state index is 11.8. The fourth-order valence-electron chi connectivity index (χ4n) is 2.49. The molecular weight excluding hydrogens is 248 g/mol. The fraction of sp³-hybridized carbons (Fsp3) is 0.176. The highest BCUT2D eigenvalue weighted by atomic mass is 16.2. The van der Waals surface area contributed by atoms with Gasteiger partial charge in [0.05, 0.1) is 6.21 Å². The molecule has 0 heterocycles. The van der Waals surface area contributed by atoms with Crippen LogP contribution in [0.25, 0.3) is 0 Å². The van der Waals surface area contributed by atoms with Crippen molar-refractivity contribution in [3.05, 3.63) is 70.8 Å². The molecule has 1 aliphatic carbocycles. The predicted octanol–water partition coefficient (Wildman–Crippen LogP) is 2.94. The van der Waals surface area contributed by atoms with Gasteiger partial charge in [0.2, 0.25) is 0 Å². The van der Waals surface area contributed by atoms with Crippen LogP contribution in [-0.2, 0) is 12.8 Å². The summed E-state index contributed by atoms with van der Waals surface area (Å²) in [7, 11) is 0. The predicted molar refractivity (Wildman–Crippen MR) is 80.0 cm³/mol. The number of aryl methyl sites for hydroxylation is 2. The molecule has 20 heavy (non-hydrogen) atoms. The van der Waals surface area contributed by atoms with Gasteiger partial charge in [0, 0.05) is 5.56 Å². The standard InChI is InChI=1S/C17H16N2O/c20-17(15-5-2-1-3-6-15)19-18-12-13-9-10-14-7-4-8-16(14)11-13/h1-3,5-6,9-12H,4,7-8H2,(H,19,20). The van der Waals surface area contributed by atoms with Crippen LogP contribution in [-0.4, -0.2) is 12.1 Å². The smallest absolute Gasteiger partial charge is 0.267 e. The SMILES string of the molecule is O=C(NN=Cc1ccc2c(c1)CCC2)c1ccccc1. The lowest BCUT2D eigenvalue weighted by atomic mass is 10.1. The molecular formula is C17H16N2O. The molecule has 2 aromatic carbocycles. The van der Waals surface area contributed by atoms with Crippen molar-refractivity contribution in [3.8, 4) is 0 Å². The van der Waals surface area contributed by atoms with Gasteiger partial charge >= 0.3 is 0 Å². The second-order valence-corrected chi connectivity index (χ2v) is 4.95. The van der Waals surface area contributed by atoms with Gasteiger partial charge in [-0.3, -0.25) is 4.79 Å². The topological polar surface area (TPSA) is 41.5 Å². The molecule has 0 aliphatic heterocycles. The van der Waals surface area contributed by atoms with Gasteiger partial charge in [-0.05, 0) is 54.2 Å². The number of rotatable bonds is 3. The molecule has 0 fully saturated rings. The van der Waals surface area contributed by atoms with Crippen molar-refractivity contribution in [2.75, 3.05) is 0 Å². The number of hydrazone groups is 1. The summed E-state index contributed by atoms with van der Waals surface area (Å²) in [5.74, 6) is -0.192. The van der Waals surface area contributed by atoms with E-state index in [9.17, 15) is 4.79 Å². The van der Waals surface area contributed by atoms with Crippen LogP contribution in [0.2, 0.25) is 0 Å². The molecule has 0 atom stereocenters. The molecule has 1 N–H and O–H groups in total. The molecule has 0 aromatic heterocycles. The van der Waals surface area contributed by atoms with Crippen molar-refractivity contribution >= 4 is 12.1 Å². The highest BCUT2D eigenvalue weighted by molar-refractivity contribution is 5.94. The third-order valence-electron chi connectivity index (χ3n) is 3.54. The van der Waals surface area contributed by atoms with Crippen molar-refractivity contribution in [2.24, 2.45) is 5.10 Å². The Bertz CT molecular complexity index is 647. The number of fused-ring (bicyclic) bond motifs is 1. The summed E-state index contributed by atoms with van der Waals surface area (Å²) in [5.41, 5.74) is 7.03. The normalized spacial score (nSPS) is 13.4. The number of benzene rings is 2. The van der Waals surface area contributed by atoms with E-state index in [0.29, 0.717) is 5.56 Å². The monoisotopic (exact) mass is 264 g/mol. The zero-order valence-electron chi connectivity index (χ0n) is 11.2. The Morgan fingerprint density at radius 3 is 2.70 bits per heavy atom. The average molecular weight is 264 g/mol. The van der Waals surface area contributed by atoms with Gasteiger partial charge in [-0.2, -0.15) is 5.10 Å². The molecule has 0 bridgehead atoms. The summed E-state index contributed by atoms with van der Waals surface area (Å²) in [5, 5.41) is 4.02. The largest absolute Gasteiger partial charge is 0.271 e. The zero-order valence-corrected chi connectivity index (χ0v) is 11.2. The van der Waals surface area contributed by atoms with E-state index in [4.69, 9.17) is 0 Å². The molecule has 0 spiro atoms. The minimum atomic E-state index is -0.192. The minimum absolute atomic E-state index is 0.192. The molecule has 3 nitrogen and oxygen atoms in total. The molecule has 1 aliphatic rings. The van der Waals surface area contributed by atoms with Gasteiger partial charge in [0.1, 0.15) is 0 Å². The van der Waals surface area contributed by atoms with Crippen LogP contribution >= 0.6 is 0 Å². The van der Waals surface area contributed by atoms with Crippen LogP contribution in [0.1, 0.15) is 33.5 Å². The number of hydrogen-bond acceptors (Lipinski definition) is 2. The first-order valence-electron chi connectivity index (χ1n) is 6.83. The van der Waals surface area contributed by atoms with E-state index in [1.807, 2.05) is 24.3 Å². The van der Waals surface area contributed by atoms with E-state index < -0.39 is 0 Å². The van der Waals surface area contributed by atoms with E-state index in [2.05, 4.69) is 22.7 Å². The number of hydrogen-bond donors (Lipinski definition) is 1. The van der Waals surface area contributed by atoms with E-state index in [-0.39, 0.29) is 5.91 Å². The van der Waals surface area contributed by atoms with Crippen molar-refractivity contribution in [1.29, 1.82) is 0 Å². The molecule has 100 valence electrons. The molecule has 0 radical (unpaired) electrons. The highest BCUT2D eigenvalue weighted by Gasteiger charge is 2.10. The van der Waals surface area contributed by atoms with Crippen molar-refractivity contribution in [1.82, 2.24) is 5.43 Å². The quantitative estimate of drug-likeness (QED) is 0.672. The van der Waals surface area contributed by atoms with E-state index in [1.54, 1.807) is 18.3 Å². The third kappa shape index (κ3) is 2.77. The van der Waals surface area contributed by atoms with Gasteiger partial charge in [-0.1, -0.05) is 30.3 Å². The van der Waals surface area contributed by atoms with Crippen LogP contribution in [0.5, 0.6) is 0 Å². The Balaban J connectivity index is 1.65. The average Bonchev–Trinajstić information content (AvgIpc) is 2.95. The third-order valence-corrected chi connectivity index (χ3v) is 3.54. The number of nitrogens with one attached hydrogen (secondary N) is 1. The first kappa shape index (κ1) is 12.6. The van der Waals surface area contributed by atoms with Gasteiger partial charge in [-0.15, -0.1) is 0 Å².